The molecule has 1 aromatic carbocycles. The Morgan fingerprint density at radius 1 is 1.24 bits per heavy atom. The second kappa shape index (κ2) is 8.59. The molecule has 3 heterocycles. The molecule has 1 fully saturated rings. The van der Waals surface area contributed by atoms with Gasteiger partial charge in [-0.3, -0.25) is 4.90 Å². The van der Waals surface area contributed by atoms with E-state index in [9.17, 15) is 4.39 Å². The van der Waals surface area contributed by atoms with E-state index < -0.39 is 5.82 Å². The minimum Gasteiger partial charge on any atom is -0.382 e. The molecule has 2 N–H and O–H groups in total. The van der Waals surface area contributed by atoms with E-state index >= 15 is 0 Å². The van der Waals surface area contributed by atoms with Crippen molar-refractivity contribution < 1.29 is 13.8 Å². The van der Waals surface area contributed by atoms with Gasteiger partial charge < -0.3 is 10.5 Å². The minimum absolute atomic E-state index is 0.0394. The second-order valence-corrected chi connectivity index (χ2v) is 6.69. The fourth-order valence-corrected chi connectivity index (χ4v) is 2.93. The predicted molar refractivity (Wildman–Crippen MR) is 99.1 cm³/mol. The zero-order valence-corrected chi connectivity index (χ0v) is 16.0. The summed E-state index contributed by atoms with van der Waals surface area (Å²) in [6, 6.07) is 4.00. The van der Waals surface area contributed by atoms with Gasteiger partial charge in [0.2, 0.25) is 0 Å². The van der Waals surface area contributed by atoms with Crippen LogP contribution >= 0.6 is 11.6 Å². The monoisotopic (exact) mass is 421 g/mol. The van der Waals surface area contributed by atoms with Crippen molar-refractivity contribution in [3.8, 4) is 0 Å². The fraction of sp³-hybridized carbons (Fsp3) is 0.375. The Bertz CT molecular complexity index is 1020. The van der Waals surface area contributed by atoms with E-state index in [0.717, 1.165) is 13.1 Å². The molecule has 0 saturated carbocycles. The Morgan fingerprint density at radius 2 is 2.07 bits per heavy atom. The number of morpholine rings is 1. The lowest BCUT2D eigenvalue weighted by atomic mass is 10.3. The number of rotatable bonds is 6. The molecule has 1 aliphatic rings. The molecular weight excluding hydrogens is 405 g/mol. The summed E-state index contributed by atoms with van der Waals surface area (Å²) in [7, 11) is 0. The first kappa shape index (κ1) is 19.4. The number of hydrogen-bond acceptors (Lipinski definition) is 9. The van der Waals surface area contributed by atoms with Gasteiger partial charge in [-0.15, -0.1) is 10.2 Å². The van der Waals surface area contributed by atoms with Crippen LogP contribution in [0.2, 0.25) is 5.02 Å². The van der Waals surface area contributed by atoms with Crippen molar-refractivity contribution >= 4 is 23.1 Å². The van der Waals surface area contributed by atoms with Crippen LogP contribution in [0.3, 0.4) is 0 Å². The van der Waals surface area contributed by atoms with Gasteiger partial charge in [0.1, 0.15) is 18.1 Å². The van der Waals surface area contributed by atoms with Crippen molar-refractivity contribution in [1.29, 1.82) is 0 Å². The first-order chi connectivity index (χ1) is 14.1. The first-order valence-electron chi connectivity index (χ1n) is 8.76. The van der Waals surface area contributed by atoms with Gasteiger partial charge in [-0.1, -0.05) is 16.8 Å². The summed E-state index contributed by atoms with van der Waals surface area (Å²) in [4.78, 5) is 7.75. The van der Waals surface area contributed by atoms with Gasteiger partial charge in [0.15, 0.2) is 17.4 Å². The average Bonchev–Trinajstić information content (AvgIpc) is 3.35. The summed E-state index contributed by atoms with van der Waals surface area (Å²) in [5.41, 5.74) is 7.00. The Balaban J connectivity index is 1.46. The summed E-state index contributed by atoms with van der Waals surface area (Å²) in [6.07, 6.45) is 0. The van der Waals surface area contributed by atoms with Gasteiger partial charge in [0.25, 0.3) is 0 Å². The van der Waals surface area contributed by atoms with Crippen molar-refractivity contribution in [1.82, 2.24) is 35.4 Å². The Labute approximate surface area is 169 Å². The largest absolute Gasteiger partial charge is 0.382 e. The molecule has 13 heteroatoms. The molecule has 4 rings (SSSR count). The number of nitrogens with two attached hydrogens (primary N) is 1. The summed E-state index contributed by atoms with van der Waals surface area (Å²) < 4.78 is 23.4. The van der Waals surface area contributed by atoms with Crippen molar-refractivity contribution in [3.05, 3.63) is 46.3 Å². The zero-order valence-electron chi connectivity index (χ0n) is 15.2. The van der Waals surface area contributed by atoms with E-state index in [2.05, 4.69) is 35.6 Å². The molecule has 0 spiro atoms. The highest BCUT2D eigenvalue weighted by Crippen LogP contribution is 2.22. The third kappa shape index (κ3) is 4.72. The molecule has 0 amide bonds. The summed E-state index contributed by atoms with van der Waals surface area (Å²) in [5.74, 6) is 0.0863. The van der Waals surface area contributed by atoms with Crippen LogP contribution < -0.4 is 5.73 Å². The highest BCUT2D eigenvalue weighted by atomic mass is 35.5. The lowest BCUT2D eigenvalue weighted by molar-refractivity contribution is 0.0330. The molecule has 29 heavy (non-hydrogen) atoms. The normalized spacial score (nSPS) is 15.7. The van der Waals surface area contributed by atoms with Crippen molar-refractivity contribution in [3.63, 3.8) is 0 Å². The lowest BCUT2D eigenvalue weighted by Gasteiger charge is -2.24. The maximum absolute atomic E-state index is 13.3. The molecule has 0 unspecified atom stereocenters. The van der Waals surface area contributed by atoms with Crippen LogP contribution in [-0.4, -0.2) is 67.6 Å². The molecule has 0 aliphatic carbocycles. The van der Waals surface area contributed by atoms with Crippen LogP contribution in [0.5, 0.6) is 0 Å². The van der Waals surface area contributed by atoms with Crippen molar-refractivity contribution in [2.75, 3.05) is 26.3 Å². The van der Waals surface area contributed by atoms with Crippen LogP contribution in [0.4, 0.5) is 10.1 Å². The smallest absolute Gasteiger partial charge is 0.188 e. The Kier molecular flexibility index (Phi) is 5.74. The minimum atomic E-state index is -0.543. The van der Waals surface area contributed by atoms with E-state index in [0.29, 0.717) is 37.0 Å². The fourth-order valence-electron chi connectivity index (χ4n) is 2.75. The third-order valence-corrected chi connectivity index (χ3v) is 4.50. The molecular formula is C16H17ClFN9O2. The highest BCUT2D eigenvalue weighted by Gasteiger charge is 2.18. The second-order valence-electron chi connectivity index (χ2n) is 6.28. The molecule has 1 aliphatic heterocycles. The maximum atomic E-state index is 13.3. The molecule has 152 valence electrons. The van der Waals surface area contributed by atoms with Gasteiger partial charge in [-0.2, -0.15) is 4.80 Å². The molecule has 2 aromatic heterocycles. The third-order valence-electron chi connectivity index (χ3n) is 4.21. The number of hydrogen-bond donors (Lipinski definition) is 1. The van der Waals surface area contributed by atoms with E-state index in [4.69, 9.17) is 26.7 Å². The van der Waals surface area contributed by atoms with Gasteiger partial charge in [-0.05, 0) is 28.6 Å². The van der Waals surface area contributed by atoms with Crippen molar-refractivity contribution in [2.45, 2.75) is 13.1 Å². The topological polar surface area (TPSA) is 133 Å². The number of halogens is 2. The quantitative estimate of drug-likeness (QED) is 0.452. The Hall–Kier alpha value is -2.96. The van der Waals surface area contributed by atoms with Gasteiger partial charge in [0, 0.05) is 13.1 Å². The number of benzene rings is 1. The number of aromatic nitrogens is 6. The molecule has 0 radical (unpaired) electrons. The van der Waals surface area contributed by atoms with Crippen LogP contribution in [-0.2, 0) is 17.8 Å². The van der Waals surface area contributed by atoms with E-state index in [1.54, 1.807) is 0 Å². The molecule has 3 aromatic rings. The lowest BCUT2D eigenvalue weighted by Crippen LogP contribution is -2.36. The average molecular weight is 422 g/mol. The molecule has 1 saturated heterocycles. The van der Waals surface area contributed by atoms with Crippen LogP contribution in [0.25, 0.3) is 0 Å². The standard InChI is InChI=1S/C16H17ClFN9O2/c17-11-7-10(1-2-12(11)18)20-16(19)15-13(23-29-24-15)8-27-22-14(21-25-27)9-26-3-5-28-6-4-26/h1-2,7H,3-6,8-9H2,(H2,19,20). The van der Waals surface area contributed by atoms with Crippen molar-refractivity contribution in [2.24, 2.45) is 10.7 Å². The number of tetrazole rings is 1. The number of aliphatic imine (C=N–C) groups is 1. The zero-order chi connectivity index (χ0) is 20.2. The highest BCUT2D eigenvalue weighted by molar-refractivity contribution is 6.31. The first-order valence-corrected chi connectivity index (χ1v) is 9.14. The van der Waals surface area contributed by atoms with Crippen LogP contribution in [0.1, 0.15) is 17.2 Å². The molecule has 11 nitrogen and oxygen atoms in total. The Morgan fingerprint density at radius 3 is 2.86 bits per heavy atom. The van der Waals surface area contributed by atoms with Gasteiger partial charge >= 0.3 is 0 Å². The molecule has 0 bridgehead atoms. The number of nitrogens with zero attached hydrogens (tertiary/aromatic N) is 8. The van der Waals surface area contributed by atoms with Gasteiger partial charge in [-0.25, -0.2) is 14.0 Å². The number of amidine groups is 1. The van der Waals surface area contributed by atoms with E-state index in [1.807, 2.05) is 0 Å². The molecule has 0 atom stereocenters. The predicted octanol–water partition coefficient (Wildman–Crippen LogP) is 0.766. The summed E-state index contributed by atoms with van der Waals surface area (Å²) in [6.45, 7) is 3.77. The van der Waals surface area contributed by atoms with Crippen LogP contribution in [0.15, 0.2) is 27.8 Å². The number of ether oxygens (including phenoxy) is 1. The summed E-state index contributed by atoms with van der Waals surface area (Å²) >= 11 is 5.76. The maximum Gasteiger partial charge on any atom is 0.188 e. The van der Waals surface area contributed by atoms with E-state index in [-0.39, 0.29) is 23.1 Å². The SMILES string of the molecule is NC(=Nc1ccc(F)c(Cl)c1)c1nonc1Cn1nnc(CN2CCOCC2)n1. The summed E-state index contributed by atoms with van der Waals surface area (Å²) in [5, 5.41) is 20.0. The van der Waals surface area contributed by atoms with E-state index in [1.165, 1.54) is 23.0 Å². The van der Waals surface area contributed by atoms with Crippen LogP contribution in [0, 0.1) is 5.82 Å². The van der Waals surface area contributed by atoms with Gasteiger partial charge in [0.05, 0.1) is 30.5 Å².